The fraction of sp³-hybridized carbons (Fsp3) is 0.730. The second-order valence-corrected chi connectivity index (χ2v) is 10.2. The molecule has 0 radical (unpaired) electrons. The summed E-state index contributed by atoms with van der Waals surface area (Å²) in [6, 6.07) is 0. The Balaban J connectivity index is -0.0000000413. The summed E-state index contributed by atoms with van der Waals surface area (Å²) in [6.45, 7) is 8.40. The van der Waals surface area contributed by atoms with Crippen LogP contribution >= 0.6 is 0 Å². The molecule has 6 heteroatoms. The normalized spacial score (nSPS) is 8.58. The number of nitrogens with zero attached hydrogens (tertiary/aromatic N) is 1. The molecule has 0 aliphatic rings. The minimum atomic E-state index is 0. The number of ketones is 1. The number of carbonyl (C=O) groups excluding carboxylic acids is 2. The van der Waals surface area contributed by atoms with Crippen LogP contribution in [0.15, 0.2) is 0 Å². The van der Waals surface area contributed by atoms with E-state index in [-0.39, 0.29) is 55.9 Å². The maximum absolute atomic E-state index is 11.6. The molecule has 0 aliphatic heterocycles. The number of amides is 1. The second kappa shape index (κ2) is 47.5. The van der Waals surface area contributed by atoms with Crippen molar-refractivity contribution in [2.24, 2.45) is 0 Å². The maximum Gasteiger partial charge on any atom is 2.00 e. The molecule has 0 aromatic rings. The number of Topliss-reactive ketones (excluding diaryl/α,β-unsaturated/α-hetero) is 1. The summed E-state index contributed by atoms with van der Waals surface area (Å²) in [7, 11) is 3.17. The van der Waals surface area contributed by atoms with Crippen LogP contribution in [0.2, 0.25) is 0 Å². The van der Waals surface area contributed by atoms with Crippen molar-refractivity contribution in [3.05, 3.63) is 0 Å². The molecule has 0 aromatic heterocycles. The first-order valence-corrected chi connectivity index (χ1v) is 16.1. The molecule has 0 unspecified atom stereocenters. The fourth-order valence-electron chi connectivity index (χ4n) is 3.84. The van der Waals surface area contributed by atoms with E-state index in [0.29, 0.717) is 12.2 Å². The molecule has 0 saturated heterocycles. The average Bonchev–Trinajstić information content (AvgIpc) is 2.98. The van der Waals surface area contributed by atoms with E-state index in [1.165, 1.54) is 102 Å². The van der Waals surface area contributed by atoms with Crippen molar-refractivity contribution in [1.29, 1.82) is 0 Å². The zero-order valence-corrected chi connectivity index (χ0v) is 31.7. The molecule has 1 amide bonds. The van der Waals surface area contributed by atoms with Gasteiger partial charge in [0.1, 0.15) is 5.78 Å². The molecule has 43 heavy (non-hydrogen) atoms. The first-order valence-electron chi connectivity index (χ1n) is 16.1. The van der Waals surface area contributed by atoms with Crippen molar-refractivity contribution in [3.8, 4) is 47.9 Å². The van der Waals surface area contributed by atoms with Crippen LogP contribution in [0.25, 0.3) is 0 Å². The largest absolute Gasteiger partial charge is 2.00 e. The molecule has 0 aliphatic carbocycles. The predicted molar refractivity (Wildman–Crippen MR) is 196 cm³/mol. The van der Waals surface area contributed by atoms with E-state index < -0.39 is 0 Å². The predicted octanol–water partition coefficient (Wildman–Crippen LogP) is 7.67. The molecule has 0 atom stereocenters. The Morgan fingerprint density at radius 2 is 1.00 bits per heavy atom. The molecule has 0 heterocycles. The van der Waals surface area contributed by atoms with Gasteiger partial charge in [0.2, 0.25) is 5.91 Å². The third-order valence-electron chi connectivity index (χ3n) is 6.43. The Morgan fingerprint density at radius 3 is 1.37 bits per heavy atom. The maximum atomic E-state index is 11.6. The minimum Gasteiger partial charge on any atom is -1.00 e. The van der Waals surface area contributed by atoms with Crippen molar-refractivity contribution in [2.45, 2.75) is 163 Å². The SMILES string of the molecule is C#CC#CC#CC#CC.CCCCCCCCC(=O)CCCCCCCC.CCCCCCCCC(=O)N(C)OC.[Br-].[H-].[HH].[HH].[HH].[HH].[HH].[HH].[Mg+2]. The van der Waals surface area contributed by atoms with E-state index in [1.807, 2.05) is 0 Å². The van der Waals surface area contributed by atoms with Gasteiger partial charge in [-0.2, -0.15) is 0 Å². The summed E-state index contributed by atoms with van der Waals surface area (Å²) in [5, 5.41) is 1.30. The standard InChI is InChI=1S/C17H34O.C11H23NO2.C9H4.BrH.Mg.6H2.H/c1-3-5-7-9-11-13-15-17(18)16-14-12-10-8-6-4-2;1-4-5-6-7-8-9-10-11(13)12(2)14-3;1-3-5-7-9-8-6-4-2;;;;;;;;;/h3-16H2,1-2H3;4-10H2,1-3H3;1H,2H3;1H;;6*1H;/q;;;;+2;;;;;;;-1/p-1. The Hall–Kier alpha value is -1.41. The molecule has 0 aromatic carbocycles. The van der Waals surface area contributed by atoms with Crippen molar-refractivity contribution in [1.82, 2.24) is 5.06 Å². The summed E-state index contributed by atoms with van der Waals surface area (Å²) >= 11 is 0. The molecule has 0 fully saturated rings. The van der Waals surface area contributed by atoms with Crippen LogP contribution in [0.3, 0.4) is 0 Å². The van der Waals surface area contributed by atoms with E-state index in [0.717, 1.165) is 38.5 Å². The van der Waals surface area contributed by atoms with Gasteiger partial charge in [0.15, 0.2) is 0 Å². The van der Waals surface area contributed by atoms with Gasteiger partial charge in [-0.15, -0.1) is 6.42 Å². The molecule has 0 spiro atoms. The number of unbranched alkanes of at least 4 members (excludes halogenated alkanes) is 15. The van der Waals surface area contributed by atoms with Gasteiger partial charge < -0.3 is 18.4 Å². The van der Waals surface area contributed by atoms with Crippen LogP contribution in [-0.4, -0.2) is 54.0 Å². The number of rotatable bonds is 22. The number of halogens is 1. The molecule has 4 nitrogen and oxygen atoms in total. The smallest absolute Gasteiger partial charge is 1.00 e. The molecule has 0 rings (SSSR count). The molecule has 254 valence electrons. The third kappa shape index (κ3) is 50.5. The Bertz CT molecular complexity index is 845. The summed E-state index contributed by atoms with van der Waals surface area (Å²) in [6.07, 6.45) is 29.8. The number of hydrogen-bond acceptors (Lipinski definition) is 3. The van der Waals surface area contributed by atoms with Crippen LogP contribution in [-0.2, 0) is 14.4 Å². The topological polar surface area (TPSA) is 46.6 Å². The van der Waals surface area contributed by atoms with Crippen molar-refractivity contribution in [3.63, 3.8) is 0 Å². The van der Waals surface area contributed by atoms with Crippen molar-refractivity contribution in [2.75, 3.05) is 14.2 Å². The van der Waals surface area contributed by atoms with Gasteiger partial charge in [0.25, 0.3) is 0 Å². The molecular formula is C37H74BrMgNO3. The number of hydrogen-bond donors (Lipinski definition) is 0. The van der Waals surface area contributed by atoms with Crippen LogP contribution in [0.4, 0.5) is 0 Å². The van der Waals surface area contributed by atoms with Gasteiger partial charge in [-0.1, -0.05) is 123 Å². The summed E-state index contributed by atoms with van der Waals surface area (Å²) in [5.41, 5.74) is 0. The van der Waals surface area contributed by atoms with Gasteiger partial charge in [-0.05, 0) is 61.7 Å². The van der Waals surface area contributed by atoms with Gasteiger partial charge >= 0.3 is 23.1 Å². The number of carbonyl (C=O) groups is 2. The van der Waals surface area contributed by atoms with E-state index in [1.54, 1.807) is 14.0 Å². The van der Waals surface area contributed by atoms with Gasteiger partial charge in [0, 0.05) is 34.9 Å². The van der Waals surface area contributed by atoms with Crippen molar-refractivity contribution < 1.29 is 41.4 Å². The zero-order chi connectivity index (χ0) is 31.2. The molecule has 0 bridgehead atoms. The van der Waals surface area contributed by atoms with Crippen LogP contribution in [0, 0.1) is 47.9 Å². The second-order valence-electron chi connectivity index (χ2n) is 10.2. The number of terminal acetylenes is 1. The summed E-state index contributed by atoms with van der Waals surface area (Å²) in [4.78, 5) is 27.7. The monoisotopic (exact) mass is 683 g/mol. The van der Waals surface area contributed by atoms with E-state index in [2.05, 4.69) is 62.2 Å². The fourth-order valence-corrected chi connectivity index (χ4v) is 3.84. The minimum absolute atomic E-state index is 0. The van der Waals surface area contributed by atoms with Crippen molar-refractivity contribution >= 4 is 34.7 Å². The Morgan fingerprint density at radius 1 is 0.651 bits per heavy atom. The summed E-state index contributed by atoms with van der Waals surface area (Å²) < 4.78 is 0. The van der Waals surface area contributed by atoms with Crippen LogP contribution in [0.1, 0.15) is 173 Å². The Kier molecular flexibility index (Phi) is 56.6. The van der Waals surface area contributed by atoms with E-state index >= 15 is 0 Å². The van der Waals surface area contributed by atoms with Crippen LogP contribution in [0.5, 0.6) is 0 Å². The molecule has 0 N–H and O–H groups in total. The third-order valence-corrected chi connectivity index (χ3v) is 6.43. The van der Waals surface area contributed by atoms with E-state index in [4.69, 9.17) is 11.3 Å². The quantitative estimate of drug-likeness (QED) is 0.0509. The zero-order valence-electron chi connectivity index (χ0n) is 29.7. The van der Waals surface area contributed by atoms with Gasteiger partial charge in [-0.25, -0.2) is 5.06 Å². The number of hydroxylamine groups is 2. The molecular weight excluding hydrogens is 611 g/mol. The van der Waals surface area contributed by atoms with Gasteiger partial charge in [0.05, 0.1) is 7.11 Å². The average molecular weight is 685 g/mol. The van der Waals surface area contributed by atoms with Gasteiger partial charge in [-0.3, -0.25) is 14.4 Å². The first kappa shape index (κ1) is 51.2. The summed E-state index contributed by atoms with van der Waals surface area (Å²) in [5.74, 6) is 17.5. The Labute approximate surface area is 304 Å². The molecule has 0 saturated carbocycles. The van der Waals surface area contributed by atoms with Crippen LogP contribution < -0.4 is 17.0 Å². The first-order chi connectivity index (χ1) is 19.9. The van der Waals surface area contributed by atoms with E-state index in [9.17, 15) is 9.59 Å².